The number of ether oxygens (including phenoxy) is 1. The van der Waals surface area contributed by atoms with Gasteiger partial charge in [-0.1, -0.05) is 13.8 Å². The summed E-state index contributed by atoms with van der Waals surface area (Å²) in [6, 6.07) is -0.188. The lowest BCUT2D eigenvalue weighted by atomic mass is 9.77. The molecule has 0 aromatic carbocycles. The first-order valence-corrected chi connectivity index (χ1v) is 6.17. The molecule has 0 aromatic heterocycles. The maximum Gasteiger partial charge on any atom is 0.411 e. The fourth-order valence-corrected chi connectivity index (χ4v) is 2.65. The van der Waals surface area contributed by atoms with Crippen LogP contribution in [0.2, 0.25) is 0 Å². The maximum absolute atomic E-state index is 12.0. The number of nitrogens with zero attached hydrogens (tertiary/aromatic N) is 1. The van der Waals surface area contributed by atoms with Crippen molar-refractivity contribution in [1.82, 2.24) is 4.90 Å². The van der Waals surface area contributed by atoms with Crippen LogP contribution in [-0.4, -0.2) is 34.5 Å². The molecule has 1 aliphatic heterocycles. The van der Waals surface area contributed by atoms with Crippen molar-refractivity contribution in [1.29, 1.82) is 0 Å². The summed E-state index contributed by atoms with van der Waals surface area (Å²) in [4.78, 5) is 25.3. The largest absolute Gasteiger partial charge is 0.444 e. The smallest absolute Gasteiger partial charge is 0.411 e. The number of carbonyl (C=O) groups excluding carboxylic acids is 2. The molecule has 0 bridgehead atoms. The topological polar surface area (TPSA) is 46.4 Å². The highest BCUT2D eigenvalue weighted by Crippen LogP contribution is 2.49. The van der Waals surface area contributed by atoms with Crippen molar-refractivity contribution < 1.29 is 14.3 Å². The second-order valence-corrected chi connectivity index (χ2v) is 6.73. The zero-order valence-electron chi connectivity index (χ0n) is 11.2. The van der Waals surface area contributed by atoms with Crippen LogP contribution in [0.25, 0.3) is 0 Å². The molecule has 0 N–H and O–H groups in total. The molecule has 0 spiro atoms. The molecule has 0 radical (unpaired) electrons. The molecule has 1 aliphatic carbocycles. The summed E-state index contributed by atoms with van der Waals surface area (Å²) in [5.41, 5.74) is -0.481. The third kappa shape index (κ3) is 2.17. The van der Waals surface area contributed by atoms with Gasteiger partial charge in [-0.05, 0) is 32.6 Å². The van der Waals surface area contributed by atoms with Gasteiger partial charge < -0.3 is 4.74 Å². The number of hydrogen-bond donors (Lipinski definition) is 0. The van der Waals surface area contributed by atoms with Gasteiger partial charge in [-0.15, -0.1) is 0 Å². The molecular weight excluding hydrogens is 218 g/mol. The number of likely N-dealkylation sites (tertiary alicyclic amines) is 1. The number of fused-ring (bicyclic) bond motifs is 1. The number of rotatable bonds is 0. The van der Waals surface area contributed by atoms with E-state index in [0.29, 0.717) is 6.42 Å². The normalized spacial score (nSPS) is 30.9. The predicted octanol–water partition coefficient (Wildman–Crippen LogP) is 2.36. The van der Waals surface area contributed by atoms with Crippen molar-refractivity contribution in [3.63, 3.8) is 0 Å². The van der Waals surface area contributed by atoms with Crippen molar-refractivity contribution >= 4 is 11.9 Å². The molecule has 1 amide bonds. The lowest BCUT2D eigenvalue weighted by Crippen LogP contribution is -2.31. The Morgan fingerprint density at radius 1 is 1.41 bits per heavy atom. The molecule has 17 heavy (non-hydrogen) atoms. The molecule has 2 aliphatic rings. The van der Waals surface area contributed by atoms with E-state index in [1.165, 1.54) is 0 Å². The fraction of sp³-hybridized carbons (Fsp3) is 0.846. The van der Waals surface area contributed by atoms with Crippen LogP contribution in [0.5, 0.6) is 0 Å². The van der Waals surface area contributed by atoms with Gasteiger partial charge in [0, 0.05) is 6.42 Å². The van der Waals surface area contributed by atoms with Gasteiger partial charge in [-0.25, -0.2) is 4.79 Å². The van der Waals surface area contributed by atoms with Crippen LogP contribution < -0.4 is 0 Å². The molecular formula is C13H21NO3. The number of hydrogen-bond acceptors (Lipinski definition) is 3. The average Bonchev–Trinajstić information content (AvgIpc) is 2.85. The first kappa shape index (κ1) is 12.4. The van der Waals surface area contributed by atoms with Gasteiger partial charge in [0.1, 0.15) is 11.6 Å². The Morgan fingerprint density at radius 3 is 2.47 bits per heavy atom. The van der Waals surface area contributed by atoms with Gasteiger partial charge in [0.05, 0.1) is 6.04 Å². The first-order valence-electron chi connectivity index (χ1n) is 6.17. The van der Waals surface area contributed by atoms with E-state index in [1.807, 2.05) is 20.8 Å². The quantitative estimate of drug-likeness (QED) is 0.610. The molecule has 1 saturated heterocycles. The van der Waals surface area contributed by atoms with Crippen LogP contribution in [0.1, 0.15) is 47.5 Å². The molecule has 4 heteroatoms. The van der Waals surface area contributed by atoms with Crippen molar-refractivity contribution in [2.75, 3.05) is 0 Å². The average molecular weight is 239 g/mol. The Labute approximate surface area is 102 Å². The Bertz CT molecular complexity index is 367. The molecule has 1 heterocycles. The lowest BCUT2D eigenvalue weighted by Gasteiger charge is -2.26. The zero-order valence-corrected chi connectivity index (χ0v) is 11.2. The fourth-order valence-electron chi connectivity index (χ4n) is 2.65. The molecule has 1 saturated carbocycles. The Morgan fingerprint density at radius 2 is 2.00 bits per heavy atom. The molecule has 4 nitrogen and oxygen atoms in total. The summed E-state index contributed by atoms with van der Waals surface area (Å²) in [7, 11) is 0. The standard InChI is InChI=1S/C13H21NO3/c1-12(2,3)17-11(16)14-9-8(15)6-7-13(4,5)10(9)14/h9-10H,6-7H2,1-5H3. The first-order chi connectivity index (χ1) is 7.63. The summed E-state index contributed by atoms with van der Waals surface area (Å²) >= 11 is 0. The minimum Gasteiger partial charge on any atom is -0.444 e. The minimum absolute atomic E-state index is 0.0233. The molecule has 2 unspecified atom stereocenters. The van der Waals surface area contributed by atoms with E-state index in [4.69, 9.17) is 4.74 Å². The van der Waals surface area contributed by atoms with Crippen molar-refractivity contribution in [3.8, 4) is 0 Å². The Balaban J connectivity index is 2.10. The summed E-state index contributed by atoms with van der Waals surface area (Å²) < 4.78 is 5.33. The number of Topliss-reactive ketones (excluding diaryl/α,β-unsaturated/α-hetero) is 1. The summed E-state index contributed by atoms with van der Waals surface area (Å²) in [5, 5.41) is 0. The van der Waals surface area contributed by atoms with Gasteiger partial charge in [-0.2, -0.15) is 0 Å². The summed E-state index contributed by atoms with van der Waals surface area (Å²) in [6.07, 6.45) is 1.08. The molecule has 2 fully saturated rings. The molecule has 2 atom stereocenters. The van der Waals surface area contributed by atoms with Crippen molar-refractivity contribution in [2.24, 2.45) is 5.41 Å². The van der Waals surface area contributed by atoms with Crippen molar-refractivity contribution in [2.45, 2.75) is 65.1 Å². The van der Waals surface area contributed by atoms with E-state index in [9.17, 15) is 9.59 Å². The van der Waals surface area contributed by atoms with E-state index in [1.54, 1.807) is 4.90 Å². The number of ketones is 1. The number of carbonyl (C=O) groups is 2. The third-order valence-corrected chi connectivity index (χ3v) is 3.56. The van der Waals surface area contributed by atoms with Crippen LogP contribution in [0.4, 0.5) is 4.79 Å². The van der Waals surface area contributed by atoms with E-state index < -0.39 is 5.60 Å². The van der Waals surface area contributed by atoms with E-state index in [0.717, 1.165) is 6.42 Å². The maximum atomic E-state index is 12.0. The van der Waals surface area contributed by atoms with Crippen LogP contribution in [-0.2, 0) is 9.53 Å². The van der Waals surface area contributed by atoms with Gasteiger partial charge in [0.2, 0.25) is 0 Å². The molecule has 0 aromatic rings. The van der Waals surface area contributed by atoms with Gasteiger partial charge >= 0.3 is 6.09 Å². The zero-order chi connectivity index (χ0) is 13.0. The summed E-state index contributed by atoms with van der Waals surface area (Å²) in [5.74, 6) is 0.181. The highest BCUT2D eigenvalue weighted by Gasteiger charge is 2.64. The van der Waals surface area contributed by atoms with Gasteiger partial charge in [-0.3, -0.25) is 9.69 Å². The second-order valence-electron chi connectivity index (χ2n) is 6.73. The third-order valence-electron chi connectivity index (χ3n) is 3.56. The highest BCUT2D eigenvalue weighted by atomic mass is 16.6. The van der Waals surface area contributed by atoms with Gasteiger partial charge in [0.15, 0.2) is 5.78 Å². The second kappa shape index (κ2) is 3.47. The Hall–Kier alpha value is -1.06. The monoisotopic (exact) mass is 239 g/mol. The van der Waals surface area contributed by atoms with Crippen molar-refractivity contribution in [3.05, 3.63) is 0 Å². The predicted molar refractivity (Wildman–Crippen MR) is 63.7 cm³/mol. The van der Waals surface area contributed by atoms with E-state index >= 15 is 0 Å². The Kier molecular flexibility index (Phi) is 2.53. The highest BCUT2D eigenvalue weighted by molar-refractivity contribution is 5.94. The number of amides is 1. The van der Waals surface area contributed by atoms with E-state index in [-0.39, 0.29) is 29.4 Å². The summed E-state index contributed by atoms with van der Waals surface area (Å²) in [6.45, 7) is 9.74. The van der Waals surface area contributed by atoms with Crippen LogP contribution in [0, 0.1) is 5.41 Å². The van der Waals surface area contributed by atoms with Crippen LogP contribution in [0.3, 0.4) is 0 Å². The van der Waals surface area contributed by atoms with Gasteiger partial charge in [0.25, 0.3) is 0 Å². The lowest BCUT2D eigenvalue weighted by molar-refractivity contribution is -0.120. The van der Waals surface area contributed by atoms with Crippen LogP contribution in [0.15, 0.2) is 0 Å². The van der Waals surface area contributed by atoms with E-state index in [2.05, 4.69) is 13.8 Å². The minimum atomic E-state index is -0.504. The molecule has 96 valence electrons. The SMILES string of the molecule is CC(C)(C)OC(=O)N1C2C(=O)CCC(C)(C)C21. The van der Waals surface area contributed by atoms with Crippen LogP contribution >= 0.6 is 0 Å². The molecule has 2 rings (SSSR count).